The molecule has 0 unspecified atom stereocenters. The first-order valence-corrected chi connectivity index (χ1v) is 10.7. The average molecular weight is 447 g/mol. The van der Waals surface area contributed by atoms with Gasteiger partial charge in [0.15, 0.2) is 0 Å². The smallest absolute Gasteiger partial charge is 0.242 e. The van der Waals surface area contributed by atoms with Gasteiger partial charge in [-0.2, -0.15) is 5.10 Å². The van der Waals surface area contributed by atoms with Gasteiger partial charge in [0, 0.05) is 16.3 Å². The molecule has 4 rings (SSSR count). The molecule has 0 saturated carbocycles. The third kappa shape index (κ3) is 4.65. The van der Waals surface area contributed by atoms with Crippen molar-refractivity contribution in [2.24, 2.45) is 0 Å². The lowest BCUT2D eigenvalue weighted by atomic mass is 10.0. The largest absolute Gasteiger partial charge is 0.273 e. The molecule has 0 aliphatic heterocycles. The molecule has 1 aromatic heterocycles. The van der Waals surface area contributed by atoms with E-state index < -0.39 is 0 Å². The summed E-state index contributed by atoms with van der Waals surface area (Å²) in [6.07, 6.45) is 0.286. The standard InChI is InChI=1S/C25H23ClN4O2/c1-16-23(17(2)30(29-16)21-12-10-20(26)11-13-21)15-25(32)28-27-24(31)14-19-8-5-7-18-6-3-4-9-22(18)19/h3-13H,14-15H2,1-2H3,(H,27,31)(H,28,32). The van der Waals surface area contributed by atoms with Gasteiger partial charge in [-0.15, -0.1) is 0 Å². The maximum absolute atomic E-state index is 12.5. The van der Waals surface area contributed by atoms with Crippen LogP contribution >= 0.6 is 11.6 Å². The summed E-state index contributed by atoms with van der Waals surface area (Å²) in [5.74, 6) is -0.585. The highest BCUT2D eigenvalue weighted by molar-refractivity contribution is 6.30. The first-order valence-electron chi connectivity index (χ1n) is 10.3. The molecule has 0 atom stereocenters. The number of nitrogens with zero attached hydrogens (tertiary/aromatic N) is 2. The highest BCUT2D eigenvalue weighted by atomic mass is 35.5. The molecule has 162 valence electrons. The molecule has 32 heavy (non-hydrogen) atoms. The van der Waals surface area contributed by atoms with E-state index in [0.29, 0.717) is 5.02 Å². The Bertz CT molecular complexity index is 1290. The van der Waals surface area contributed by atoms with E-state index in [1.807, 2.05) is 68.4 Å². The number of carbonyl (C=O) groups excluding carboxylic acids is 2. The van der Waals surface area contributed by atoms with Crippen LogP contribution in [0.15, 0.2) is 66.7 Å². The average Bonchev–Trinajstić information content (AvgIpc) is 3.07. The molecule has 4 aromatic rings. The van der Waals surface area contributed by atoms with E-state index in [-0.39, 0.29) is 24.7 Å². The number of aromatic nitrogens is 2. The lowest BCUT2D eigenvalue weighted by molar-refractivity contribution is -0.128. The van der Waals surface area contributed by atoms with Crippen LogP contribution in [0.2, 0.25) is 5.02 Å². The van der Waals surface area contributed by atoms with Crippen LogP contribution in [0.4, 0.5) is 0 Å². The van der Waals surface area contributed by atoms with Crippen molar-refractivity contribution >= 4 is 34.2 Å². The summed E-state index contributed by atoms with van der Waals surface area (Å²) in [7, 11) is 0. The Morgan fingerprint density at radius 2 is 1.53 bits per heavy atom. The summed E-state index contributed by atoms with van der Waals surface area (Å²) in [6.45, 7) is 3.78. The van der Waals surface area contributed by atoms with Crippen LogP contribution in [0.3, 0.4) is 0 Å². The molecule has 0 radical (unpaired) electrons. The van der Waals surface area contributed by atoms with Crippen molar-refractivity contribution in [2.75, 3.05) is 0 Å². The lowest BCUT2D eigenvalue weighted by Crippen LogP contribution is -2.43. The number of aryl methyl sites for hydroxylation is 1. The fourth-order valence-electron chi connectivity index (χ4n) is 3.77. The molecule has 7 heteroatoms. The van der Waals surface area contributed by atoms with Gasteiger partial charge >= 0.3 is 0 Å². The number of carbonyl (C=O) groups is 2. The number of halogens is 1. The summed E-state index contributed by atoms with van der Waals surface area (Å²) in [4.78, 5) is 24.9. The maximum atomic E-state index is 12.5. The Morgan fingerprint density at radius 3 is 2.28 bits per heavy atom. The number of amides is 2. The van der Waals surface area contributed by atoms with Gasteiger partial charge in [0.25, 0.3) is 0 Å². The minimum Gasteiger partial charge on any atom is -0.273 e. The van der Waals surface area contributed by atoms with Crippen molar-refractivity contribution in [3.05, 3.63) is 94.3 Å². The van der Waals surface area contributed by atoms with Gasteiger partial charge in [-0.05, 0) is 54.4 Å². The number of fused-ring (bicyclic) bond motifs is 1. The third-order valence-corrected chi connectivity index (χ3v) is 5.67. The second kappa shape index (κ2) is 9.24. The number of hydrogen-bond donors (Lipinski definition) is 2. The molecular weight excluding hydrogens is 424 g/mol. The van der Waals surface area contributed by atoms with Gasteiger partial charge in [0.05, 0.1) is 24.2 Å². The molecule has 0 aliphatic carbocycles. The topological polar surface area (TPSA) is 76.0 Å². The van der Waals surface area contributed by atoms with Crippen molar-refractivity contribution in [2.45, 2.75) is 26.7 Å². The van der Waals surface area contributed by atoms with Crippen LogP contribution in [0.1, 0.15) is 22.5 Å². The predicted octanol–water partition coefficient (Wildman–Crippen LogP) is 4.23. The van der Waals surface area contributed by atoms with E-state index in [1.165, 1.54) is 0 Å². The van der Waals surface area contributed by atoms with E-state index in [4.69, 9.17) is 11.6 Å². The number of benzene rings is 3. The Labute approximate surface area is 191 Å². The van der Waals surface area contributed by atoms with Gasteiger partial charge in [0.2, 0.25) is 11.8 Å². The zero-order valence-corrected chi connectivity index (χ0v) is 18.6. The van der Waals surface area contributed by atoms with Gasteiger partial charge in [0.1, 0.15) is 0 Å². The van der Waals surface area contributed by atoms with Gasteiger partial charge in [-0.25, -0.2) is 4.68 Å². The molecular formula is C25H23ClN4O2. The fourth-order valence-corrected chi connectivity index (χ4v) is 3.90. The van der Waals surface area contributed by atoms with Crippen molar-refractivity contribution in [1.29, 1.82) is 0 Å². The minimum absolute atomic E-state index is 0.111. The first-order chi connectivity index (χ1) is 15.4. The predicted molar refractivity (Wildman–Crippen MR) is 126 cm³/mol. The van der Waals surface area contributed by atoms with Crippen LogP contribution in [0.25, 0.3) is 16.5 Å². The van der Waals surface area contributed by atoms with Crippen LogP contribution in [0, 0.1) is 13.8 Å². The zero-order chi connectivity index (χ0) is 22.7. The van der Waals surface area contributed by atoms with E-state index in [1.54, 1.807) is 16.8 Å². The van der Waals surface area contributed by atoms with Gasteiger partial charge < -0.3 is 0 Å². The van der Waals surface area contributed by atoms with Crippen LogP contribution in [-0.4, -0.2) is 21.6 Å². The molecule has 0 saturated heterocycles. The second-order valence-electron chi connectivity index (χ2n) is 7.63. The minimum atomic E-state index is -0.307. The van der Waals surface area contributed by atoms with Crippen molar-refractivity contribution in [3.8, 4) is 5.69 Å². The molecule has 0 bridgehead atoms. The van der Waals surface area contributed by atoms with E-state index >= 15 is 0 Å². The SMILES string of the molecule is Cc1nn(-c2ccc(Cl)cc2)c(C)c1CC(=O)NNC(=O)Cc1cccc2ccccc12. The molecule has 3 aromatic carbocycles. The van der Waals surface area contributed by atoms with Crippen LogP contribution in [0.5, 0.6) is 0 Å². The molecule has 6 nitrogen and oxygen atoms in total. The first kappa shape index (κ1) is 21.6. The maximum Gasteiger partial charge on any atom is 0.242 e. The fraction of sp³-hybridized carbons (Fsp3) is 0.160. The summed E-state index contributed by atoms with van der Waals surface area (Å²) < 4.78 is 1.79. The molecule has 1 heterocycles. The number of rotatable bonds is 5. The quantitative estimate of drug-likeness (QED) is 0.450. The molecule has 0 aliphatic rings. The van der Waals surface area contributed by atoms with Crippen molar-refractivity contribution < 1.29 is 9.59 Å². The van der Waals surface area contributed by atoms with E-state index in [9.17, 15) is 9.59 Å². The highest BCUT2D eigenvalue weighted by Gasteiger charge is 2.16. The Balaban J connectivity index is 1.39. The van der Waals surface area contributed by atoms with E-state index in [0.717, 1.165) is 39.0 Å². The third-order valence-electron chi connectivity index (χ3n) is 5.42. The van der Waals surface area contributed by atoms with Crippen LogP contribution < -0.4 is 10.9 Å². The normalized spacial score (nSPS) is 10.8. The highest BCUT2D eigenvalue weighted by Crippen LogP contribution is 2.20. The number of hydrazine groups is 1. The van der Waals surface area contributed by atoms with Gasteiger partial charge in [-0.1, -0.05) is 54.1 Å². The Kier molecular flexibility index (Phi) is 6.23. The Morgan fingerprint density at radius 1 is 0.875 bits per heavy atom. The molecule has 2 amide bonds. The number of hydrogen-bond acceptors (Lipinski definition) is 3. The number of nitrogens with one attached hydrogen (secondary N) is 2. The molecule has 2 N–H and O–H groups in total. The van der Waals surface area contributed by atoms with E-state index in [2.05, 4.69) is 16.0 Å². The molecule has 0 fully saturated rings. The lowest BCUT2D eigenvalue weighted by Gasteiger charge is -2.10. The summed E-state index contributed by atoms with van der Waals surface area (Å²) in [6, 6.07) is 21.1. The van der Waals surface area contributed by atoms with Crippen LogP contribution in [-0.2, 0) is 22.4 Å². The molecule has 0 spiro atoms. The monoisotopic (exact) mass is 446 g/mol. The van der Waals surface area contributed by atoms with Crippen molar-refractivity contribution in [3.63, 3.8) is 0 Å². The summed E-state index contributed by atoms with van der Waals surface area (Å²) in [5.41, 5.74) is 9.25. The second-order valence-corrected chi connectivity index (χ2v) is 8.06. The van der Waals surface area contributed by atoms with Gasteiger partial charge in [-0.3, -0.25) is 20.4 Å². The van der Waals surface area contributed by atoms with Crippen molar-refractivity contribution in [1.82, 2.24) is 20.6 Å². The zero-order valence-electron chi connectivity index (χ0n) is 17.9. The Hall–Kier alpha value is -3.64. The summed E-state index contributed by atoms with van der Waals surface area (Å²) >= 11 is 5.97. The summed E-state index contributed by atoms with van der Waals surface area (Å²) in [5, 5.41) is 7.30.